The van der Waals surface area contributed by atoms with E-state index in [1.165, 1.54) is 18.2 Å². The summed E-state index contributed by atoms with van der Waals surface area (Å²) in [5.74, 6) is 1.16. The van der Waals surface area contributed by atoms with E-state index < -0.39 is 23.6 Å². The Labute approximate surface area is 325 Å². The molecule has 2 N–H and O–H groups in total. The molecule has 0 unspecified atom stereocenters. The number of ether oxygens (including phenoxy) is 2. The molecule has 1 spiro atoms. The average Bonchev–Trinajstić information content (AvgIpc) is 3.24. The number of allylic oxidation sites excluding steroid dienone is 1. The van der Waals surface area contributed by atoms with Gasteiger partial charge in [0.1, 0.15) is 5.75 Å². The number of primary sulfonamides is 1. The molecule has 1 saturated carbocycles. The number of hydrogen-bond acceptors (Lipinski definition) is 7. The van der Waals surface area contributed by atoms with Crippen LogP contribution in [0.25, 0.3) is 0 Å². The summed E-state index contributed by atoms with van der Waals surface area (Å²) in [7, 11) is -4.48. The zero-order valence-corrected chi connectivity index (χ0v) is 35.8. The number of nitrogens with zero attached hydrogens (tertiary/aromatic N) is 1. The lowest BCUT2D eigenvalue weighted by Crippen LogP contribution is -2.50. The Morgan fingerprint density at radius 2 is 1.79 bits per heavy atom. The second-order valence-corrected chi connectivity index (χ2v) is 24.5. The summed E-state index contributed by atoms with van der Waals surface area (Å²) in [6.45, 7) is 17.8. The van der Waals surface area contributed by atoms with Crippen LogP contribution in [0.5, 0.6) is 5.75 Å². The maximum Gasteiger partial charge on any atom is 0.337 e. The summed E-state index contributed by atoms with van der Waals surface area (Å²) >= 11 is 6.47. The van der Waals surface area contributed by atoms with Crippen LogP contribution in [0.1, 0.15) is 115 Å². The Morgan fingerprint density at radius 1 is 1.08 bits per heavy atom. The number of hydrogen-bond donors (Lipinski definition) is 1. The van der Waals surface area contributed by atoms with E-state index in [0.717, 1.165) is 61.7 Å². The molecule has 2 aliphatic carbocycles. The molecule has 53 heavy (non-hydrogen) atoms. The monoisotopic (exact) mass is 786 g/mol. The van der Waals surface area contributed by atoms with Crippen LogP contribution in [0.3, 0.4) is 0 Å². The van der Waals surface area contributed by atoms with Crippen molar-refractivity contribution in [3.63, 3.8) is 0 Å². The summed E-state index contributed by atoms with van der Waals surface area (Å²) < 4.78 is 43.9. The van der Waals surface area contributed by atoms with Crippen LogP contribution in [0.4, 0.5) is 5.69 Å². The summed E-state index contributed by atoms with van der Waals surface area (Å²) in [6.07, 6.45) is 11.2. The fourth-order valence-electron chi connectivity index (χ4n) is 9.80. The van der Waals surface area contributed by atoms with E-state index in [1.54, 1.807) is 6.07 Å². The van der Waals surface area contributed by atoms with Gasteiger partial charge < -0.3 is 18.8 Å². The van der Waals surface area contributed by atoms with Crippen molar-refractivity contribution < 1.29 is 27.1 Å². The molecule has 3 aliphatic rings. The fourth-order valence-corrected chi connectivity index (χ4v) is 16.5. The molecule has 2 aromatic rings. The van der Waals surface area contributed by atoms with Gasteiger partial charge in [-0.25, -0.2) is 18.4 Å². The minimum atomic E-state index is -3.64. The van der Waals surface area contributed by atoms with Gasteiger partial charge in [-0.05, 0) is 121 Å². The van der Waals surface area contributed by atoms with Crippen molar-refractivity contribution >= 4 is 41.6 Å². The number of anilines is 1. The van der Waals surface area contributed by atoms with Crippen LogP contribution in [-0.4, -0.2) is 60.9 Å². The summed E-state index contributed by atoms with van der Waals surface area (Å²) in [5.41, 5.74) is 5.04. The number of fused-ring (bicyclic) bond motifs is 3. The summed E-state index contributed by atoms with van der Waals surface area (Å²) in [5, 5.41) is 5.82. The number of nitrogens with two attached hydrogens (primary N) is 1. The Kier molecular flexibility index (Phi) is 13.6. The first kappa shape index (κ1) is 41.8. The van der Waals surface area contributed by atoms with Gasteiger partial charge in [-0.2, -0.15) is 0 Å². The minimum Gasteiger partial charge on any atom is -0.490 e. The number of carbonyl (C=O) groups excluding carboxylic acids is 1. The normalized spacial score (nSPS) is 23.1. The number of methoxy groups -OCH3 is 1. The van der Waals surface area contributed by atoms with Gasteiger partial charge in [0.15, 0.2) is 0 Å². The van der Waals surface area contributed by atoms with Crippen molar-refractivity contribution in [2.45, 2.75) is 133 Å². The van der Waals surface area contributed by atoms with Gasteiger partial charge in [0, 0.05) is 23.5 Å². The maximum atomic E-state index is 12.7. The first-order valence-electron chi connectivity index (χ1n) is 19.8. The van der Waals surface area contributed by atoms with Crippen LogP contribution in [0, 0.1) is 11.8 Å². The van der Waals surface area contributed by atoms with E-state index in [4.69, 9.17) is 30.6 Å². The predicted octanol–water partition coefficient (Wildman–Crippen LogP) is 9.59. The zero-order chi connectivity index (χ0) is 38.7. The average molecular weight is 788 g/mol. The van der Waals surface area contributed by atoms with Gasteiger partial charge >= 0.3 is 5.97 Å². The molecule has 8 nitrogen and oxygen atoms in total. The van der Waals surface area contributed by atoms with Crippen LogP contribution >= 0.6 is 11.6 Å². The zero-order valence-electron chi connectivity index (χ0n) is 33.2. The molecule has 294 valence electrons. The lowest BCUT2D eigenvalue weighted by molar-refractivity contribution is 0.0600. The van der Waals surface area contributed by atoms with E-state index in [2.05, 4.69) is 70.7 Å². The molecule has 0 aromatic heterocycles. The SMILES string of the molecule is CC[C@H](CC[C@@H](/C=C/[C@@H]1CC[C@H]1CN1C[C@@]2(CCCc3cc(Cl)ccc32)COc2ccc(C(=O)OC)cc21)O[Si](C(C)C)(C(C)C)C(C)C)S(N)(=O)=O. The molecule has 2 aromatic carbocycles. The van der Waals surface area contributed by atoms with Crippen molar-refractivity contribution in [2.75, 3.05) is 31.7 Å². The van der Waals surface area contributed by atoms with Crippen molar-refractivity contribution in [2.24, 2.45) is 17.0 Å². The van der Waals surface area contributed by atoms with E-state index in [0.29, 0.717) is 59.9 Å². The molecule has 1 heterocycles. The molecule has 11 heteroatoms. The first-order chi connectivity index (χ1) is 25.0. The summed E-state index contributed by atoms with van der Waals surface area (Å²) in [4.78, 5) is 15.2. The van der Waals surface area contributed by atoms with E-state index in [-0.39, 0.29) is 17.5 Å². The minimum absolute atomic E-state index is 0.185. The maximum absolute atomic E-state index is 12.7. The van der Waals surface area contributed by atoms with Gasteiger partial charge in [0.05, 0.1) is 36.3 Å². The number of rotatable bonds is 15. The van der Waals surface area contributed by atoms with E-state index in [9.17, 15) is 13.2 Å². The molecular weight excluding hydrogens is 724 g/mol. The topological polar surface area (TPSA) is 108 Å². The van der Waals surface area contributed by atoms with Crippen molar-refractivity contribution in [1.29, 1.82) is 0 Å². The highest BCUT2D eigenvalue weighted by Gasteiger charge is 2.47. The molecule has 0 saturated heterocycles. The molecule has 5 atom stereocenters. The smallest absolute Gasteiger partial charge is 0.337 e. The fraction of sp³-hybridized carbons (Fsp3) is 0.643. The van der Waals surface area contributed by atoms with E-state index in [1.807, 2.05) is 25.1 Å². The van der Waals surface area contributed by atoms with Crippen molar-refractivity contribution in [3.8, 4) is 5.75 Å². The number of aryl methyl sites for hydroxylation is 1. The molecule has 1 fully saturated rings. The quantitative estimate of drug-likeness (QED) is 0.109. The molecule has 1 aliphatic heterocycles. The van der Waals surface area contributed by atoms with Crippen LogP contribution in [0.15, 0.2) is 48.6 Å². The first-order valence-corrected chi connectivity index (χ1v) is 23.9. The highest BCUT2D eigenvalue weighted by molar-refractivity contribution is 7.89. The third-order valence-electron chi connectivity index (χ3n) is 12.7. The number of carbonyl (C=O) groups is 1. The standard InChI is InChI=1S/C42H63ClN2O6SSi/c1-9-37(52(44,47)48)19-18-36(51-53(28(2)3,29(4)5)30(6)7)17-14-31-12-13-34(31)25-45-26-42(22-10-11-32-23-35(43)16-20-38(32)42)27-50-40-21-15-33(24-39(40)45)41(46)49-8/h14-17,20-21,23-24,28-31,34,36-37H,9-13,18-19,22,25-27H2,1-8H3,(H2,44,47,48)/b17-14+/t31-,34-,36+,37+,42-/m0/s1. The Morgan fingerprint density at radius 3 is 2.40 bits per heavy atom. The van der Waals surface area contributed by atoms with Crippen LogP contribution in [0.2, 0.25) is 21.6 Å². The van der Waals surface area contributed by atoms with Gasteiger partial charge in [-0.15, -0.1) is 0 Å². The number of benzene rings is 2. The predicted molar refractivity (Wildman–Crippen MR) is 219 cm³/mol. The molecular formula is C42H63ClN2O6SSi. The van der Waals surface area contributed by atoms with Crippen molar-refractivity contribution in [3.05, 3.63) is 70.3 Å². The number of sulfonamides is 1. The lowest BCUT2D eigenvalue weighted by Gasteiger charge is -2.45. The van der Waals surface area contributed by atoms with Gasteiger partial charge in [-0.1, -0.05) is 78.3 Å². The second-order valence-electron chi connectivity index (χ2n) is 16.8. The lowest BCUT2D eigenvalue weighted by atomic mass is 9.69. The number of halogens is 1. The van der Waals surface area contributed by atoms with Gasteiger partial charge in [0.25, 0.3) is 0 Å². The molecule has 0 radical (unpaired) electrons. The Balaban J connectivity index is 1.45. The van der Waals surface area contributed by atoms with Crippen LogP contribution < -0.4 is 14.8 Å². The molecule has 0 amide bonds. The Bertz CT molecular complexity index is 1710. The largest absolute Gasteiger partial charge is 0.490 e. The third kappa shape index (κ3) is 9.03. The highest BCUT2D eigenvalue weighted by atomic mass is 35.5. The van der Waals surface area contributed by atoms with Gasteiger partial charge in [-0.3, -0.25) is 0 Å². The summed E-state index contributed by atoms with van der Waals surface area (Å²) in [6, 6.07) is 11.9. The third-order valence-corrected chi connectivity index (χ3v) is 20.6. The van der Waals surface area contributed by atoms with Crippen molar-refractivity contribution in [1.82, 2.24) is 0 Å². The van der Waals surface area contributed by atoms with Crippen LogP contribution in [-0.2, 0) is 31.0 Å². The number of esters is 1. The van der Waals surface area contributed by atoms with Gasteiger partial charge in [0.2, 0.25) is 18.3 Å². The van der Waals surface area contributed by atoms with E-state index >= 15 is 0 Å². The Hall–Kier alpha value is -2.37. The highest BCUT2D eigenvalue weighted by Crippen LogP contribution is 2.47. The molecule has 0 bridgehead atoms. The molecule has 5 rings (SSSR count). The second kappa shape index (κ2) is 17.2.